The number of nitriles is 1. The maximum Gasteiger partial charge on any atom is 0.263 e. The molecule has 9 heteroatoms. The van der Waals surface area contributed by atoms with Crippen molar-refractivity contribution in [3.8, 4) is 17.7 Å². The predicted octanol–water partition coefficient (Wildman–Crippen LogP) is 4.74. The molecule has 3 atom stereocenters. The number of aliphatic hydroxyl groups is 2. The summed E-state index contributed by atoms with van der Waals surface area (Å²) in [4.78, 5) is 6.22. The molecule has 2 aliphatic rings. The van der Waals surface area contributed by atoms with Gasteiger partial charge < -0.3 is 24.6 Å². The van der Waals surface area contributed by atoms with E-state index in [1.807, 2.05) is 62.4 Å². The lowest BCUT2D eigenvalue weighted by atomic mass is 9.71. The van der Waals surface area contributed by atoms with Crippen LogP contribution in [0.15, 0.2) is 60.7 Å². The van der Waals surface area contributed by atoms with E-state index < -0.39 is 17.6 Å². The SMILES string of the molecule is CN(C)C.CO.COc1nc(C#N)cc2c1C1(O)CCC(c3ccccc3)C1(c1ccc(C(F)F)cc1)O2. The largest absolute Gasteiger partial charge is 0.481 e. The Labute approximate surface area is 221 Å². The van der Waals surface area contributed by atoms with Crippen LogP contribution in [0.4, 0.5) is 8.78 Å². The van der Waals surface area contributed by atoms with E-state index in [2.05, 4.69) is 4.98 Å². The monoisotopic (exact) mass is 525 g/mol. The number of nitrogens with zero attached hydrogens (tertiary/aromatic N) is 3. The summed E-state index contributed by atoms with van der Waals surface area (Å²) < 4.78 is 38.4. The molecule has 3 aromatic rings. The first-order valence-electron chi connectivity index (χ1n) is 12.1. The van der Waals surface area contributed by atoms with Crippen LogP contribution in [0.5, 0.6) is 11.6 Å². The van der Waals surface area contributed by atoms with E-state index in [1.54, 1.807) is 12.1 Å². The molecule has 0 bridgehead atoms. The molecule has 202 valence electrons. The van der Waals surface area contributed by atoms with E-state index in [4.69, 9.17) is 14.6 Å². The third kappa shape index (κ3) is 4.95. The molecule has 2 N–H and O–H groups in total. The molecule has 1 aliphatic heterocycles. The number of hydrogen-bond acceptors (Lipinski definition) is 7. The standard InChI is InChI=1S/C25H20F2N2O3.C3H9N.CH4O/c1-31-23-21-20(13-18(14-28)29-23)32-25(17-9-7-16(8-10-17)22(26)27)19(11-12-24(21,25)30)15-5-3-2-4-6-15;1-4(2)3;1-2/h2-10,13,19,22,30H,11-12H2,1H3;1-3H3;2H,1H3. The lowest BCUT2D eigenvalue weighted by Crippen LogP contribution is -2.48. The number of alkyl halides is 2. The van der Waals surface area contributed by atoms with Gasteiger partial charge in [-0.3, -0.25) is 0 Å². The highest BCUT2D eigenvalue weighted by Gasteiger charge is 2.69. The van der Waals surface area contributed by atoms with Gasteiger partial charge in [0.2, 0.25) is 5.88 Å². The van der Waals surface area contributed by atoms with Crippen molar-refractivity contribution in [1.82, 2.24) is 9.88 Å². The van der Waals surface area contributed by atoms with Gasteiger partial charge in [0.05, 0.1) is 12.7 Å². The first-order valence-corrected chi connectivity index (χ1v) is 12.1. The number of rotatable bonds is 4. The van der Waals surface area contributed by atoms with Gasteiger partial charge in [-0.25, -0.2) is 13.8 Å². The highest BCUT2D eigenvalue weighted by molar-refractivity contribution is 5.58. The number of fused-ring (bicyclic) bond motifs is 3. The fraction of sp³-hybridized carbons (Fsp3) is 0.379. The highest BCUT2D eigenvalue weighted by atomic mass is 19.3. The van der Waals surface area contributed by atoms with E-state index >= 15 is 0 Å². The average molecular weight is 526 g/mol. The van der Waals surface area contributed by atoms with Gasteiger partial charge >= 0.3 is 0 Å². The smallest absolute Gasteiger partial charge is 0.263 e. The predicted molar refractivity (Wildman–Crippen MR) is 139 cm³/mol. The van der Waals surface area contributed by atoms with Crippen molar-refractivity contribution in [2.45, 2.75) is 36.4 Å². The van der Waals surface area contributed by atoms with E-state index in [-0.39, 0.29) is 23.1 Å². The van der Waals surface area contributed by atoms with Gasteiger partial charge in [-0.2, -0.15) is 5.26 Å². The van der Waals surface area contributed by atoms with Crippen molar-refractivity contribution in [3.05, 3.63) is 88.6 Å². The molecule has 0 spiro atoms. The van der Waals surface area contributed by atoms with Crippen molar-refractivity contribution in [1.29, 1.82) is 5.26 Å². The van der Waals surface area contributed by atoms with Crippen LogP contribution in [0.3, 0.4) is 0 Å². The Hall–Kier alpha value is -3.58. The Morgan fingerprint density at radius 3 is 2.24 bits per heavy atom. The van der Waals surface area contributed by atoms with Crippen molar-refractivity contribution in [2.75, 3.05) is 35.4 Å². The molecule has 2 aromatic carbocycles. The van der Waals surface area contributed by atoms with E-state index in [9.17, 15) is 19.1 Å². The van der Waals surface area contributed by atoms with Gasteiger partial charge in [0.1, 0.15) is 23.1 Å². The minimum atomic E-state index is -2.60. The Morgan fingerprint density at radius 1 is 1.11 bits per heavy atom. The molecule has 1 saturated carbocycles. The van der Waals surface area contributed by atoms with E-state index in [0.717, 1.165) is 12.7 Å². The lowest BCUT2D eigenvalue weighted by molar-refractivity contribution is -0.106. The van der Waals surface area contributed by atoms with Gasteiger partial charge in [0.15, 0.2) is 5.60 Å². The van der Waals surface area contributed by atoms with Crippen LogP contribution < -0.4 is 9.47 Å². The van der Waals surface area contributed by atoms with Crippen LogP contribution in [0.25, 0.3) is 0 Å². The Bertz CT molecular complexity index is 1260. The van der Waals surface area contributed by atoms with Gasteiger partial charge in [-0.15, -0.1) is 0 Å². The average Bonchev–Trinajstić information content (AvgIpc) is 3.36. The van der Waals surface area contributed by atoms with E-state index in [0.29, 0.717) is 29.7 Å². The number of halogens is 2. The molecule has 1 aromatic heterocycles. The second kappa shape index (κ2) is 11.9. The van der Waals surface area contributed by atoms with Crippen LogP contribution in [0.1, 0.15) is 53.1 Å². The van der Waals surface area contributed by atoms with Gasteiger partial charge in [-0.05, 0) is 45.1 Å². The lowest BCUT2D eigenvalue weighted by Gasteiger charge is -2.40. The summed E-state index contributed by atoms with van der Waals surface area (Å²) in [5, 5.41) is 28.6. The molecule has 7 nitrogen and oxygen atoms in total. The van der Waals surface area contributed by atoms with Crippen LogP contribution in [-0.2, 0) is 11.2 Å². The van der Waals surface area contributed by atoms with Crippen molar-refractivity contribution >= 4 is 0 Å². The maximum atomic E-state index is 13.2. The first-order chi connectivity index (χ1) is 18.2. The number of aliphatic hydroxyl groups excluding tert-OH is 1. The van der Waals surface area contributed by atoms with Crippen molar-refractivity contribution < 1.29 is 28.5 Å². The Kier molecular flexibility index (Phi) is 9.05. The van der Waals surface area contributed by atoms with E-state index in [1.165, 1.54) is 25.3 Å². The zero-order valence-electron chi connectivity index (χ0n) is 22.2. The molecular weight excluding hydrogens is 492 g/mol. The second-order valence-electron chi connectivity index (χ2n) is 9.47. The fourth-order valence-electron chi connectivity index (χ4n) is 5.30. The molecule has 3 unspecified atom stereocenters. The summed E-state index contributed by atoms with van der Waals surface area (Å²) in [5.74, 6) is 0.171. The van der Waals surface area contributed by atoms with Crippen LogP contribution >= 0.6 is 0 Å². The molecule has 1 aliphatic carbocycles. The highest BCUT2D eigenvalue weighted by Crippen LogP contribution is 2.67. The van der Waals surface area contributed by atoms with Crippen LogP contribution in [-0.4, -0.2) is 55.5 Å². The third-order valence-corrected chi connectivity index (χ3v) is 6.64. The summed E-state index contributed by atoms with van der Waals surface area (Å²) in [6.45, 7) is 0. The number of ether oxygens (including phenoxy) is 2. The third-order valence-electron chi connectivity index (χ3n) is 6.64. The molecule has 38 heavy (non-hydrogen) atoms. The molecule has 2 heterocycles. The summed E-state index contributed by atoms with van der Waals surface area (Å²) in [6.07, 6.45) is -1.65. The summed E-state index contributed by atoms with van der Waals surface area (Å²) in [6, 6.07) is 19.0. The number of pyridine rings is 1. The number of benzene rings is 2. The molecule has 5 rings (SSSR count). The summed E-state index contributed by atoms with van der Waals surface area (Å²) >= 11 is 0. The number of hydrogen-bond donors (Lipinski definition) is 2. The molecule has 0 saturated heterocycles. The van der Waals surface area contributed by atoms with Crippen molar-refractivity contribution in [3.63, 3.8) is 0 Å². The van der Waals surface area contributed by atoms with Gasteiger partial charge in [0, 0.05) is 24.7 Å². The Morgan fingerprint density at radius 2 is 1.71 bits per heavy atom. The normalized spacial score (nSPS) is 22.7. The fourth-order valence-corrected chi connectivity index (χ4v) is 5.30. The zero-order chi connectivity index (χ0) is 28.1. The molecular formula is C29H33F2N3O4. The topological polar surface area (TPSA) is 98.8 Å². The second-order valence-corrected chi connectivity index (χ2v) is 9.47. The molecule has 0 radical (unpaired) electrons. The van der Waals surface area contributed by atoms with Crippen molar-refractivity contribution in [2.24, 2.45) is 0 Å². The zero-order valence-corrected chi connectivity index (χ0v) is 22.2. The minimum absolute atomic E-state index is 0.101. The summed E-state index contributed by atoms with van der Waals surface area (Å²) in [7, 11) is 8.42. The van der Waals surface area contributed by atoms with Gasteiger partial charge in [0.25, 0.3) is 6.43 Å². The summed E-state index contributed by atoms with van der Waals surface area (Å²) in [5.41, 5.74) is -0.903. The minimum Gasteiger partial charge on any atom is -0.481 e. The molecule has 0 amide bonds. The number of methoxy groups -OCH3 is 1. The Balaban J connectivity index is 0.000000612. The van der Waals surface area contributed by atoms with Crippen LogP contribution in [0.2, 0.25) is 0 Å². The quantitative estimate of drug-likeness (QED) is 0.508. The molecule has 1 fully saturated rings. The first kappa shape index (κ1) is 29.0. The van der Waals surface area contributed by atoms with Gasteiger partial charge in [-0.1, -0.05) is 54.6 Å². The number of aromatic nitrogens is 1. The maximum absolute atomic E-state index is 13.2. The van der Waals surface area contributed by atoms with Crippen LogP contribution in [0, 0.1) is 11.3 Å².